The first-order valence-corrected chi connectivity index (χ1v) is 9.58. The van der Waals surface area contributed by atoms with Gasteiger partial charge in [-0.15, -0.1) is 11.8 Å². The van der Waals surface area contributed by atoms with Crippen LogP contribution in [0.3, 0.4) is 0 Å². The van der Waals surface area contributed by atoms with Crippen LogP contribution in [0, 0.1) is 0 Å². The van der Waals surface area contributed by atoms with Crippen LogP contribution in [-0.2, 0) is 14.3 Å². The van der Waals surface area contributed by atoms with Gasteiger partial charge in [-0.25, -0.2) is 4.79 Å². The van der Waals surface area contributed by atoms with E-state index < -0.39 is 11.9 Å². The summed E-state index contributed by atoms with van der Waals surface area (Å²) < 4.78 is 10.4. The van der Waals surface area contributed by atoms with Crippen molar-refractivity contribution in [2.45, 2.75) is 4.90 Å². The van der Waals surface area contributed by atoms with E-state index in [0.29, 0.717) is 11.4 Å². The Kier molecular flexibility index (Phi) is 6.33. The lowest BCUT2D eigenvalue weighted by Crippen LogP contribution is -2.23. The van der Waals surface area contributed by atoms with Crippen LogP contribution in [0.5, 0.6) is 5.75 Å². The van der Waals surface area contributed by atoms with Gasteiger partial charge in [0.2, 0.25) is 0 Å². The second kappa shape index (κ2) is 9.09. The Labute approximate surface area is 161 Å². The summed E-state index contributed by atoms with van der Waals surface area (Å²) >= 11 is 1.53. The SMILES string of the molecule is CSc1ccccc1NC(=O)COC(=O)COc1ccc2ccccc2c1. The van der Waals surface area contributed by atoms with Gasteiger partial charge in [-0.2, -0.15) is 0 Å². The number of benzene rings is 3. The number of carbonyl (C=O) groups excluding carboxylic acids is 2. The molecule has 27 heavy (non-hydrogen) atoms. The number of fused-ring (bicyclic) bond motifs is 1. The van der Waals surface area contributed by atoms with Crippen LogP contribution in [0.15, 0.2) is 71.6 Å². The second-order valence-corrected chi connectivity index (χ2v) is 6.55. The van der Waals surface area contributed by atoms with E-state index in [9.17, 15) is 9.59 Å². The minimum Gasteiger partial charge on any atom is -0.482 e. The Morgan fingerprint density at radius 1 is 0.926 bits per heavy atom. The molecule has 1 N–H and O–H groups in total. The summed E-state index contributed by atoms with van der Waals surface area (Å²) in [6.07, 6.45) is 1.93. The number of carbonyl (C=O) groups is 2. The number of thioether (sulfide) groups is 1. The molecule has 0 unspecified atom stereocenters. The highest BCUT2D eigenvalue weighted by Gasteiger charge is 2.10. The molecule has 0 aromatic heterocycles. The van der Waals surface area contributed by atoms with E-state index in [-0.39, 0.29) is 13.2 Å². The van der Waals surface area contributed by atoms with Crippen molar-refractivity contribution in [3.05, 3.63) is 66.7 Å². The van der Waals surface area contributed by atoms with E-state index in [1.165, 1.54) is 11.8 Å². The molecule has 0 aliphatic rings. The van der Waals surface area contributed by atoms with Crippen LogP contribution in [0.2, 0.25) is 0 Å². The summed E-state index contributed by atoms with van der Waals surface area (Å²) in [5.41, 5.74) is 0.693. The van der Waals surface area contributed by atoms with E-state index in [0.717, 1.165) is 15.7 Å². The molecule has 6 heteroatoms. The first kappa shape index (κ1) is 18.8. The van der Waals surface area contributed by atoms with Gasteiger partial charge in [0.1, 0.15) is 5.75 Å². The van der Waals surface area contributed by atoms with Crippen molar-refractivity contribution < 1.29 is 19.1 Å². The van der Waals surface area contributed by atoms with Gasteiger partial charge >= 0.3 is 5.97 Å². The van der Waals surface area contributed by atoms with E-state index in [2.05, 4.69) is 5.32 Å². The minimum absolute atomic E-state index is 0.257. The number of amides is 1. The Balaban J connectivity index is 1.46. The zero-order chi connectivity index (χ0) is 19.1. The van der Waals surface area contributed by atoms with Gasteiger partial charge < -0.3 is 14.8 Å². The molecular weight excluding hydrogens is 362 g/mol. The number of hydrogen-bond donors (Lipinski definition) is 1. The van der Waals surface area contributed by atoms with E-state index in [4.69, 9.17) is 9.47 Å². The monoisotopic (exact) mass is 381 g/mol. The number of para-hydroxylation sites is 1. The quantitative estimate of drug-likeness (QED) is 0.493. The van der Waals surface area contributed by atoms with Crippen LogP contribution in [0.4, 0.5) is 5.69 Å². The van der Waals surface area contributed by atoms with Crippen LogP contribution in [0.1, 0.15) is 0 Å². The molecule has 0 aliphatic heterocycles. The van der Waals surface area contributed by atoms with Crippen molar-refractivity contribution in [2.75, 3.05) is 24.8 Å². The number of rotatable bonds is 7. The number of hydrogen-bond acceptors (Lipinski definition) is 5. The normalized spacial score (nSPS) is 10.4. The highest BCUT2D eigenvalue weighted by Crippen LogP contribution is 2.24. The fourth-order valence-corrected chi connectivity index (χ4v) is 3.07. The molecule has 0 saturated heterocycles. The fraction of sp³-hybridized carbons (Fsp3) is 0.143. The van der Waals surface area contributed by atoms with Gasteiger partial charge in [0.05, 0.1) is 5.69 Å². The summed E-state index contributed by atoms with van der Waals surface area (Å²) in [4.78, 5) is 24.7. The van der Waals surface area contributed by atoms with Gasteiger partial charge in [0.15, 0.2) is 13.2 Å². The van der Waals surface area contributed by atoms with Crippen LogP contribution in [-0.4, -0.2) is 31.3 Å². The van der Waals surface area contributed by atoms with Gasteiger partial charge in [-0.05, 0) is 41.3 Å². The number of ether oxygens (including phenoxy) is 2. The summed E-state index contributed by atoms with van der Waals surface area (Å²) in [6.45, 7) is -0.615. The molecule has 0 bridgehead atoms. The Morgan fingerprint density at radius 3 is 2.48 bits per heavy atom. The lowest BCUT2D eigenvalue weighted by atomic mass is 10.1. The fourth-order valence-electron chi connectivity index (χ4n) is 2.52. The smallest absolute Gasteiger partial charge is 0.344 e. The molecule has 0 aliphatic carbocycles. The predicted molar refractivity (Wildman–Crippen MR) is 107 cm³/mol. The number of esters is 1. The van der Waals surface area contributed by atoms with E-state index in [1.54, 1.807) is 12.1 Å². The van der Waals surface area contributed by atoms with Crippen LogP contribution >= 0.6 is 11.8 Å². The molecule has 138 valence electrons. The average Bonchev–Trinajstić information content (AvgIpc) is 2.71. The van der Waals surface area contributed by atoms with Crippen molar-refractivity contribution in [3.63, 3.8) is 0 Å². The first-order valence-electron chi connectivity index (χ1n) is 8.36. The molecule has 1 amide bonds. The maximum Gasteiger partial charge on any atom is 0.344 e. The molecule has 3 aromatic rings. The van der Waals surface area contributed by atoms with Crippen LogP contribution in [0.25, 0.3) is 10.8 Å². The highest BCUT2D eigenvalue weighted by molar-refractivity contribution is 7.98. The molecule has 0 saturated carbocycles. The molecule has 0 spiro atoms. The molecule has 0 atom stereocenters. The molecule has 0 heterocycles. The van der Waals surface area contributed by atoms with Crippen molar-refractivity contribution in [3.8, 4) is 5.75 Å². The van der Waals surface area contributed by atoms with Gasteiger partial charge in [-0.1, -0.05) is 42.5 Å². The maximum absolute atomic E-state index is 12.0. The van der Waals surface area contributed by atoms with E-state index >= 15 is 0 Å². The zero-order valence-electron chi connectivity index (χ0n) is 14.8. The summed E-state index contributed by atoms with van der Waals surface area (Å²) in [6, 6.07) is 20.9. The molecule has 0 radical (unpaired) electrons. The zero-order valence-corrected chi connectivity index (χ0v) is 15.6. The topological polar surface area (TPSA) is 64.6 Å². The Morgan fingerprint density at radius 2 is 1.67 bits per heavy atom. The van der Waals surface area contributed by atoms with E-state index in [1.807, 2.05) is 60.9 Å². The molecule has 5 nitrogen and oxygen atoms in total. The summed E-state index contributed by atoms with van der Waals surface area (Å²) in [5, 5.41) is 4.85. The highest BCUT2D eigenvalue weighted by atomic mass is 32.2. The standard InChI is InChI=1S/C21H19NO4S/c1-27-19-9-5-4-8-18(19)22-20(23)13-26-21(24)14-25-17-11-10-15-6-2-3-7-16(15)12-17/h2-12H,13-14H2,1H3,(H,22,23). The number of anilines is 1. The third kappa shape index (κ3) is 5.24. The van der Waals surface area contributed by atoms with Crippen molar-refractivity contribution >= 4 is 40.1 Å². The molecular formula is C21H19NO4S. The molecule has 0 fully saturated rings. The Hall–Kier alpha value is -2.99. The summed E-state index contributed by atoms with van der Waals surface area (Å²) in [5.74, 6) is -0.420. The summed E-state index contributed by atoms with van der Waals surface area (Å²) in [7, 11) is 0. The maximum atomic E-state index is 12.0. The first-order chi connectivity index (χ1) is 13.2. The van der Waals surface area contributed by atoms with Crippen molar-refractivity contribution in [1.29, 1.82) is 0 Å². The Bertz CT molecular complexity index is 958. The third-order valence-corrected chi connectivity index (χ3v) is 4.62. The van der Waals surface area contributed by atoms with Gasteiger partial charge in [-0.3, -0.25) is 4.79 Å². The van der Waals surface area contributed by atoms with Gasteiger partial charge in [0.25, 0.3) is 5.91 Å². The third-order valence-electron chi connectivity index (χ3n) is 3.82. The predicted octanol–water partition coefficient (Wildman–Crippen LogP) is 4.12. The lowest BCUT2D eigenvalue weighted by Gasteiger charge is -2.10. The largest absolute Gasteiger partial charge is 0.482 e. The molecule has 3 rings (SSSR count). The van der Waals surface area contributed by atoms with Crippen molar-refractivity contribution in [1.82, 2.24) is 0 Å². The molecule has 3 aromatic carbocycles. The van der Waals surface area contributed by atoms with Gasteiger partial charge in [0, 0.05) is 4.90 Å². The minimum atomic E-state index is -0.600. The number of nitrogens with one attached hydrogen (secondary N) is 1. The average molecular weight is 381 g/mol. The van der Waals surface area contributed by atoms with Crippen LogP contribution < -0.4 is 10.1 Å². The second-order valence-electron chi connectivity index (χ2n) is 5.71. The van der Waals surface area contributed by atoms with Crippen molar-refractivity contribution in [2.24, 2.45) is 0 Å². The lowest BCUT2D eigenvalue weighted by molar-refractivity contribution is -0.149.